The lowest BCUT2D eigenvalue weighted by Gasteiger charge is -2.31. The van der Waals surface area contributed by atoms with E-state index < -0.39 is 25.3 Å². The fraction of sp³-hybridized carbons (Fsp3) is 0.850. The Hall–Kier alpha value is -1.44. The summed E-state index contributed by atoms with van der Waals surface area (Å²) in [5, 5.41) is 0. The number of nitrogens with zero attached hydrogens (tertiary/aromatic N) is 2. The second-order valence-electron chi connectivity index (χ2n) is 6.88. The van der Waals surface area contributed by atoms with Crippen molar-refractivity contribution < 1.29 is 32.6 Å². The zero-order valence-electron chi connectivity index (χ0n) is 19.3. The number of rotatable bonds is 12. The standard InChI is InChI=1S/C20H37N2O7P/c1-8-25-18-15(21-19(26-9-2)17(22-18)14(6)7)13-16(20(23)27-10-3)30(24,28-11-4)29-12-5/h14-17H,8-13H2,1-7H3/t15-,16-,17+/m0/s1. The van der Waals surface area contributed by atoms with Gasteiger partial charge < -0.3 is 23.3 Å². The molecule has 0 radical (unpaired) electrons. The molecule has 30 heavy (non-hydrogen) atoms. The van der Waals surface area contributed by atoms with Crippen molar-refractivity contribution >= 4 is 25.4 Å². The van der Waals surface area contributed by atoms with Crippen LogP contribution in [0.4, 0.5) is 0 Å². The van der Waals surface area contributed by atoms with Gasteiger partial charge in [0.2, 0.25) is 11.8 Å². The highest BCUT2D eigenvalue weighted by atomic mass is 31.2. The maximum Gasteiger partial charge on any atom is 0.344 e. The fourth-order valence-electron chi connectivity index (χ4n) is 3.08. The Labute approximate surface area is 180 Å². The topological polar surface area (TPSA) is 105 Å². The molecule has 0 N–H and O–H groups in total. The number of carbonyl (C=O) groups excluding carboxylic acids is 1. The predicted octanol–water partition coefficient (Wildman–Crippen LogP) is 3.85. The van der Waals surface area contributed by atoms with E-state index >= 15 is 0 Å². The quantitative estimate of drug-likeness (QED) is 0.330. The Morgan fingerprint density at radius 3 is 1.93 bits per heavy atom. The lowest BCUT2D eigenvalue weighted by molar-refractivity contribution is -0.143. The maximum absolute atomic E-state index is 13.4. The van der Waals surface area contributed by atoms with Gasteiger partial charge in [-0.2, -0.15) is 0 Å². The van der Waals surface area contributed by atoms with Crippen molar-refractivity contribution in [3.63, 3.8) is 0 Å². The van der Waals surface area contributed by atoms with Crippen molar-refractivity contribution in [3.05, 3.63) is 0 Å². The van der Waals surface area contributed by atoms with Crippen molar-refractivity contribution in [2.45, 2.75) is 72.6 Å². The van der Waals surface area contributed by atoms with E-state index in [1.165, 1.54) is 0 Å². The van der Waals surface area contributed by atoms with Crippen LogP contribution >= 0.6 is 7.60 Å². The Kier molecular flexibility index (Phi) is 11.6. The van der Waals surface area contributed by atoms with Gasteiger partial charge in [0.05, 0.1) is 33.0 Å². The number of ether oxygens (including phenoxy) is 3. The molecule has 0 fully saturated rings. The zero-order chi connectivity index (χ0) is 22.7. The molecule has 1 aliphatic heterocycles. The molecule has 0 aromatic carbocycles. The molecule has 0 spiro atoms. The third-order valence-corrected chi connectivity index (χ3v) is 6.73. The molecule has 0 amide bonds. The summed E-state index contributed by atoms with van der Waals surface area (Å²) in [6.07, 6.45) is 0.0103. The first-order valence-electron chi connectivity index (χ1n) is 10.7. The minimum atomic E-state index is -3.79. The van der Waals surface area contributed by atoms with E-state index in [0.717, 1.165) is 0 Å². The second-order valence-corrected chi connectivity index (χ2v) is 9.10. The molecule has 1 aliphatic rings. The summed E-state index contributed by atoms with van der Waals surface area (Å²) in [5.41, 5.74) is -1.16. The van der Waals surface area contributed by atoms with Crippen LogP contribution in [0.1, 0.15) is 54.9 Å². The van der Waals surface area contributed by atoms with Crippen LogP contribution in [-0.2, 0) is 32.6 Å². The highest BCUT2D eigenvalue weighted by Gasteiger charge is 2.46. The minimum Gasteiger partial charge on any atom is -0.480 e. The van der Waals surface area contributed by atoms with Crippen molar-refractivity contribution in [2.24, 2.45) is 15.9 Å². The first-order chi connectivity index (χ1) is 14.3. The molecule has 0 aromatic rings. The van der Waals surface area contributed by atoms with Crippen LogP contribution in [0, 0.1) is 5.92 Å². The smallest absolute Gasteiger partial charge is 0.344 e. The Balaban J connectivity index is 3.36. The second kappa shape index (κ2) is 13.1. The maximum atomic E-state index is 13.4. The lowest BCUT2D eigenvalue weighted by atomic mass is 10.0. The van der Waals surface area contributed by atoms with Gasteiger partial charge in [0.15, 0.2) is 5.66 Å². The van der Waals surface area contributed by atoms with Gasteiger partial charge >= 0.3 is 13.6 Å². The van der Waals surface area contributed by atoms with Crippen molar-refractivity contribution in [2.75, 3.05) is 33.0 Å². The van der Waals surface area contributed by atoms with Gasteiger partial charge in [-0.25, -0.2) is 9.98 Å². The lowest BCUT2D eigenvalue weighted by Crippen LogP contribution is -2.41. The molecule has 0 saturated heterocycles. The van der Waals surface area contributed by atoms with E-state index in [4.69, 9.17) is 28.3 Å². The molecule has 3 atom stereocenters. The third-order valence-electron chi connectivity index (χ3n) is 4.31. The Morgan fingerprint density at radius 1 is 0.900 bits per heavy atom. The molecule has 0 aliphatic carbocycles. The number of aliphatic imine (C=N–C) groups is 2. The highest BCUT2D eigenvalue weighted by molar-refractivity contribution is 7.55. The van der Waals surface area contributed by atoms with Crippen LogP contribution in [0.5, 0.6) is 0 Å². The number of carbonyl (C=O) groups is 1. The van der Waals surface area contributed by atoms with Crippen LogP contribution in [-0.4, -0.2) is 68.5 Å². The molecule has 174 valence electrons. The summed E-state index contributed by atoms with van der Waals surface area (Å²) >= 11 is 0. The first-order valence-corrected chi connectivity index (χ1v) is 12.3. The van der Waals surface area contributed by atoms with Gasteiger partial charge in [-0.15, -0.1) is 0 Å². The van der Waals surface area contributed by atoms with Gasteiger partial charge in [0.25, 0.3) is 0 Å². The predicted molar refractivity (Wildman–Crippen MR) is 116 cm³/mol. The van der Waals surface area contributed by atoms with E-state index in [1.54, 1.807) is 20.8 Å². The molecule has 0 aromatic heterocycles. The molecule has 0 bridgehead atoms. The van der Waals surface area contributed by atoms with Gasteiger partial charge in [0.1, 0.15) is 12.1 Å². The van der Waals surface area contributed by atoms with Crippen LogP contribution in [0.15, 0.2) is 9.98 Å². The van der Waals surface area contributed by atoms with E-state index in [2.05, 4.69) is 4.99 Å². The molecule has 1 rings (SSSR count). The SMILES string of the molecule is CCOC(=O)[C@H](C[C@@H]1N=C(OCC)[C@@H](C(C)C)N=C1OCC)P(=O)(OCC)OCC. The fourth-order valence-corrected chi connectivity index (χ4v) is 5.03. The van der Waals surface area contributed by atoms with E-state index in [0.29, 0.717) is 25.0 Å². The van der Waals surface area contributed by atoms with E-state index in [-0.39, 0.29) is 38.2 Å². The summed E-state index contributed by atoms with van der Waals surface area (Å²) < 4.78 is 41.0. The number of hydrogen-bond donors (Lipinski definition) is 0. The van der Waals surface area contributed by atoms with Crippen molar-refractivity contribution in [1.29, 1.82) is 0 Å². The normalized spacial score (nSPS) is 20.4. The van der Waals surface area contributed by atoms with Crippen molar-refractivity contribution in [1.82, 2.24) is 0 Å². The number of hydrogen-bond acceptors (Lipinski definition) is 9. The zero-order valence-corrected chi connectivity index (χ0v) is 20.1. The molecule has 10 heteroatoms. The highest BCUT2D eigenvalue weighted by Crippen LogP contribution is 2.55. The molecular formula is C20H37N2O7P. The molecule has 0 saturated carbocycles. The van der Waals surface area contributed by atoms with Crippen LogP contribution in [0.3, 0.4) is 0 Å². The summed E-state index contributed by atoms with van der Waals surface area (Å²) in [7, 11) is -3.79. The number of esters is 1. The molecular weight excluding hydrogens is 411 g/mol. The average Bonchev–Trinajstić information content (AvgIpc) is 2.68. The van der Waals surface area contributed by atoms with Crippen LogP contribution in [0.25, 0.3) is 0 Å². The Bertz CT molecular complexity index is 641. The monoisotopic (exact) mass is 448 g/mol. The van der Waals surface area contributed by atoms with E-state index in [1.807, 2.05) is 27.7 Å². The van der Waals surface area contributed by atoms with Crippen LogP contribution in [0.2, 0.25) is 0 Å². The summed E-state index contributed by atoms with van der Waals surface area (Å²) in [5.74, 6) is 0.350. The van der Waals surface area contributed by atoms with Crippen LogP contribution < -0.4 is 0 Å². The minimum absolute atomic E-state index is 0.0103. The largest absolute Gasteiger partial charge is 0.480 e. The van der Waals surface area contributed by atoms with Gasteiger partial charge in [-0.05, 0) is 40.5 Å². The molecule has 9 nitrogen and oxygen atoms in total. The molecule has 1 heterocycles. The molecule has 0 unspecified atom stereocenters. The van der Waals surface area contributed by atoms with Gasteiger partial charge in [-0.3, -0.25) is 9.36 Å². The summed E-state index contributed by atoms with van der Waals surface area (Å²) in [6, 6.07) is -0.945. The Morgan fingerprint density at radius 2 is 1.47 bits per heavy atom. The van der Waals surface area contributed by atoms with Crippen molar-refractivity contribution in [3.8, 4) is 0 Å². The summed E-state index contributed by atoms with van der Waals surface area (Å²) in [4.78, 5) is 22.1. The first kappa shape index (κ1) is 26.6. The van der Waals surface area contributed by atoms with Gasteiger partial charge in [0, 0.05) is 6.42 Å². The summed E-state index contributed by atoms with van der Waals surface area (Å²) in [6.45, 7) is 14.1. The third kappa shape index (κ3) is 7.06. The average molecular weight is 448 g/mol. The van der Waals surface area contributed by atoms with Gasteiger partial charge in [-0.1, -0.05) is 13.8 Å². The van der Waals surface area contributed by atoms with E-state index in [9.17, 15) is 9.36 Å².